The molecule has 0 spiro atoms. The Hall–Kier alpha value is -1.55. The van der Waals surface area contributed by atoms with Crippen molar-refractivity contribution in [3.8, 4) is 0 Å². The zero-order valence-electron chi connectivity index (χ0n) is 11.0. The molecule has 0 atom stereocenters. The summed E-state index contributed by atoms with van der Waals surface area (Å²) in [5, 5.41) is 0.650. The molecule has 0 bridgehead atoms. The number of carbonyl (C=O) groups is 1. The average molecular weight is 327 g/mol. The van der Waals surface area contributed by atoms with Gasteiger partial charge < -0.3 is 4.74 Å². The van der Waals surface area contributed by atoms with Crippen LogP contribution in [0.5, 0.6) is 0 Å². The van der Waals surface area contributed by atoms with Gasteiger partial charge in [-0.25, -0.2) is 4.72 Å². The number of amides is 1. The number of hydrogen-bond donors (Lipinski definition) is 1. The summed E-state index contributed by atoms with van der Waals surface area (Å²) in [4.78, 5) is 12.2. The number of carbonyl (C=O) groups excluding carboxylic acids is 1. The smallest absolute Gasteiger partial charge is 0.304 e. The predicted octanol–water partition coefficient (Wildman–Crippen LogP) is 0.603. The molecule has 1 N–H and O–H groups in total. The molecule has 7 nitrogen and oxygen atoms in total. The van der Waals surface area contributed by atoms with E-state index >= 15 is 0 Å². The van der Waals surface area contributed by atoms with E-state index in [0.29, 0.717) is 18.6 Å². The number of hydrogen-bond acceptors (Lipinski definition) is 6. The Balaban J connectivity index is 1.82. The topological polar surface area (TPSA) is 88.6 Å². The van der Waals surface area contributed by atoms with Crippen molar-refractivity contribution in [3.05, 3.63) is 30.0 Å². The molecule has 1 fully saturated rings. The number of aromatic nitrogens is 1. The fraction of sp³-hybridized carbons (Fsp3) is 0.333. The highest BCUT2D eigenvalue weighted by Crippen LogP contribution is 2.22. The quantitative estimate of drug-likeness (QED) is 0.892. The van der Waals surface area contributed by atoms with Crippen LogP contribution >= 0.6 is 11.5 Å². The summed E-state index contributed by atoms with van der Waals surface area (Å²) in [5.41, 5.74) is 0.132. The van der Waals surface area contributed by atoms with Crippen molar-refractivity contribution in [2.24, 2.45) is 0 Å². The number of morpholine rings is 1. The molecule has 112 valence electrons. The van der Waals surface area contributed by atoms with Crippen molar-refractivity contribution in [1.82, 2.24) is 13.4 Å². The van der Waals surface area contributed by atoms with E-state index in [1.54, 1.807) is 12.1 Å². The van der Waals surface area contributed by atoms with Crippen LogP contribution < -0.4 is 4.72 Å². The van der Waals surface area contributed by atoms with Crippen LogP contribution in [-0.2, 0) is 14.9 Å². The Morgan fingerprint density at radius 2 is 2.00 bits per heavy atom. The highest BCUT2D eigenvalue weighted by Gasteiger charge is 2.27. The normalized spacial score (nSPS) is 17.0. The largest absolute Gasteiger partial charge is 0.379 e. The van der Waals surface area contributed by atoms with E-state index in [0.717, 1.165) is 16.2 Å². The molecule has 1 aliphatic rings. The standard InChI is InChI=1S/C12H13N3O4S2/c16-12(11-9-3-1-2-4-10(9)20-13-11)14-21(17,18)15-5-7-19-8-6-15/h1-4H,5-8H2,(H,14,16). The fourth-order valence-electron chi connectivity index (χ4n) is 2.07. The van der Waals surface area contributed by atoms with Crippen molar-refractivity contribution in [1.29, 1.82) is 0 Å². The van der Waals surface area contributed by atoms with Gasteiger partial charge in [-0.1, -0.05) is 18.2 Å². The third-order valence-electron chi connectivity index (χ3n) is 3.12. The fourth-order valence-corrected chi connectivity index (χ4v) is 3.93. The Morgan fingerprint density at radius 1 is 1.29 bits per heavy atom. The second-order valence-electron chi connectivity index (χ2n) is 4.47. The summed E-state index contributed by atoms with van der Waals surface area (Å²) in [7, 11) is -3.86. The molecular formula is C12H13N3O4S2. The third kappa shape index (κ3) is 2.91. The highest BCUT2D eigenvalue weighted by molar-refractivity contribution is 7.87. The second kappa shape index (κ2) is 5.68. The van der Waals surface area contributed by atoms with Crippen molar-refractivity contribution in [2.45, 2.75) is 0 Å². The van der Waals surface area contributed by atoms with E-state index in [4.69, 9.17) is 4.74 Å². The Morgan fingerprint density at radius 3 is 2.76 bits per heavy atom. The molecule has 0 saturated carbocycles. The lowest BCUT2D eigenvalue weighted by Crippen LogP contribution is -2.48. The monoisotopic (exact) mass is 327 g/mol. The molecule has 2 heterocycles. The average Bonchev–Trinajstić information content (AvgIpc) is 2.92. The summed E-state index contributed by atoms with van der Waals surface area (Å²) < 4.78 is 37.5. The molecule has 1 aromatic carbocycles. The molecule has 9 heteroatoms. The maximum Gasteiger partial charge on any atom is 0.304 e. The minimum atomic E-state index is -3.86. The zero-order valence-corrected chi connectivity index (χ0v) is 12.6. The minimum Gasteiger partial charge on any atom is -0.379 e. The molecule has 1 saturated heterocycles. The van der Waals surface area contributed by atoms with Crippen LogP contribution in [0.15, 0.2) is 24.3 Å². The third-order valence-corrected chi connectivity index (χ3v) is 5.44. The van der Waals surface area contributed by atoms with Crippen LogP contribution in [0, 0.1) is 0 Å². The van der Waals surface area contributed by atoms with Crippen LogP contribution in [0.4, 0.5) is 0 Å². The first kappa shape index (κ1) is 14.4. The maximum absolute atomic E-state index is 12.2. The molecule has 3 rings (SSSR count). The van der Waals surface area contributed by atoms with Gasteiger partial charge in [0.05, 0.1) is 17.9 Å². The molecule has 1 aromatic heterocycles. The van der Waals surface area contributed by atoms with Gasteiger partial charge in [0.1, 0.15) is 0 Å². The summed E-state index contributed by atoms with van der Waals surface area (Å²) in [6, 6.07) is 7.20. The number of benzene rings is 1. The second-order valence-corrected chi connectivity index (χ2v) is 6.95. The molecule has 21 heavy (non-hydrogen) atoms. The summed E-state index contributed by atoms with van der Waals surface area (Å²) >= 11 is 1.16. The van der Waals surface area contributed by atoms with Crippen LogP contribution in [-0.4, -0.2) is 49.3 Å². The van der Waals surface area contributed by atoms with E-state index < -0.39 is 16.1 Å². The van der Waals surface area contributed by atoms with Gasteiger partial charge in [0.25, 0.3) is 5.91 Å². The van der Waals surface area contributed by atoms with Crippen LogP contribution in [0.3, 0.4) is 0 Å². The van der Waals surface area contributed by atoms with Crippen molar-refractivity contribution in [2.75, 3.05) is 26.3 Å². The lowest BCUT2D eigenvalue weighted by molar-refractivity contribution is 0.0719. The van der Waals surface area contributed by atoms with Gasteiger partial charge in [-0.3, -0.25) is 4.79 Å². The number of nitrogens with zero attached hydrogens (tertiary/aromatic N) is 2. The van der Waals surface area contributed by atoms with E-state index in [1.807, 2.05) is 12.1 Å². The molecule has 2 aromatic rings. The molecule has 0 aliphatic carbocycles. The first-order valence-electron chi connectivity index (χ1n) is 6.32. The molecule has 0 radical (unpaired) electrons. The first-order valence-corrected chi connectivity index (χ1v) is 8.54. The van der Waals surface area contributed by atoms with Gasteiger partial charge in [0, 0.05) is 18.5 Å². The number of ether oxygens (including phenoxy) is 1. The summed E-state index contributed by atoms with van der Waals surface area (Å²) in [6.45, 7) is 1.13. The predicted molar refractivity (Wildman–Crippen MR) is 78.4 cm³/mol. The Labute approximate surface area is 125 Å². The van der Waals surface area contributed by atoms with E-state index in [1.165, 1.54) is 4.31 Å². The number of nitrogens with one attached hydrogen (secondary N) is 1. The van der Waals surface area contributed by atoms with Crippen LogP contribution in [0.2, 0.25) is 0 Å². The van der Waals surface area contributed by atoms with E-state index in [-0.39, 0.29) is 18.8 Å². The van der Waals surface area contributed by atoms with Crippen molar-refractivity contribution in [3.63, 3.8) is 0 Å². The Bertz CT molecular complexity index is 766. The molecule has 1 aliphatic heterocycles. The van der Waals surface area contributed by atoms with Gasteiger partial charge in [-0.05, 0) is 17.6 Å². The SMILES string of the molecule is O=C(NS(=O)(=O)N1CCOCC1)c1nsc2ccccc12. The van der Waals surface area contributed by atoms with Gasteiger partial charge in [-0.15, -0.1) is 0 Å². The lowest BCUT2D eigenvalue weighted by atomic mass is 10.2. The van der Waals surface area contributed by atoms with Gasteiger partial charge in [0.2, 0.25) is 0 Å². The molecule has 0 unspecified atom stereocenters. The lowest BCUT2D eigenvalue weighted by Gasteiger charge is -2.25. The highest BCUT2D eigenvalue weighted by atomic mass is 32.2. The summed E-state index contributed by atoms with van der Waals surface area (Å²) in [5.74, 6) is -0.709. The van der Waals surface area contributed by atoms with Crippen LogP contribution in [0.25, 0.3) is 10.1 Å². The van der Waals surface area contributed by atoms with Crippen molar-refractivity contribution < 1.29 is 17.9 Å². The van der Waals surface area contributed by atoms with Crippen LogP contribution in [0.1, 0.15) is 10.5 Å². The molecule has 1 amide bonds. The van der Waals surface area contributed by atoms with Crippen molar-refractivity contribution >= 4 is 37.7 Å². The van der Waals surface area contributed by atoms with E-state index in [2.05, 4.69) is 9.10 Å². The summed E-state index contributed by atoms with van der Waals surface area (Å²) in [6.07, 6.45) is 0. The first-order chi connectivity index (χ1) is 10.1. The zero-order chi connectivity index (χ0) is 14.9. The number of fused-ring (bicyclic) bond motifs is 1. The van der Waals surface area contributed by atoms with E-state index in [9.17, 15) is 13.2 Å². The Kier molecular flexibility index (Phi) is 3.89. The van der Waals surface area contributed by atoms with Gasteiger partial charge in [-0.2, -0.15) is 17.1 Å². The number of rotatable bonds is 3. The minimum absolute atomic E-state index is 0.132. The van der Waals surface area contributed by atoms with Gasteiger partial charge >= 0.3 is 10.2 Å². The maximum atomic E-state index is 12.2. The van der Waals surface area contributed by atoms with Gasteiger partial charge in [0.15, 0.2) is 5.69 Å². The molecular weight excluding hydrogens is 314 g/mol.